The molecule has 2 N–H and O–H groups in total. The monoisotopic (exact) mass is 482 g/mol. The third kappa shape index (κ3) is 7.46. The Labute approximate surface area is 191 Å². The van der Waals surface area contributed by atoms with Crippen LogP contribution in [0.15, 0.2) is 35.2 Å². The first-order valence-corrected chi connectivity index (χ1v) is 9.96. The summed E-state index contributed by atoms with van der Waals surface area (Å²) >= 11 is 0. The van der Waals surface area contributed by atoms with Crippen LogP contribution in [0.2, 0.25) is 0 Å². The van der Waals surface area contributed by atoms with Crippen LogP contribution in [-0.2, 0) is 16.1 Å². The molecule has 0 aliphatic heterocycles. The molecular formula is C19H21F3N8O4. The standard InChI is InChI=1S/C19H21F3N8O4/c1-29(6-7-33-16-8-13(18(20)21)34-28-16)17(32)11-30-10-12(9-25-30)26-15(31)3-5-23-14-2-4-24-19(22)27-14/h2,4,8-10,18H,3,5-7,11H2,1H3,(H,26,31)(H,23,24,27). The molecule has 0 radical (unpaired) electrons. The number of carbonyl (C=O) groups excluding carboxylic acids is 2. The normalized spacial score (nSPS) is 10.9. The maximum absolute atomic E-state index is 12.9. The molecule has 34 heavy (non-hydrogen) atoms. The van der Waals surface area contributed by atoms with E-state index in [4.69, 9.17) is 4.74 Å². The molecular weight excluding hydrogens is 461 g/mol. The van der Waals surface area contributed by atoms with Crippen LogP contribution in [0.25, 0.3) is 0 Å². The van der Waals surface area contributed by atoms with E-state index < -0.39 is 18.3 Å². The molecule has 0 fully saturated rings. The smallest absolute Gasteiger partial charge is 0.310 e. The Morgan fingerprint density at radius 2 is 2.18 bits per heavy atom. The Morgan fingerprint density at radius 3 is 2.91 bits per heavy atom. The van der Waals surface area contributed by atoms with Gasteiger partial charge < -0.3 is 24.8 Å². The van der Waals surface area contributed by atoms with Crippen LogP contribution in [0.1, 0.15) is 18.6 Å². The first-order chi connectivity index (χ1) is 16.3. The number of aromatic nitrogens is 5. The molecule has 3 rings (SSSR count). The Hall–Kier alpha value is -4.17. The summed E-state index contributed by atoms with van der Waals surface area (Å²) in [6.45, 7) is 0.323. The fraction of sp³-hybridized carbons (Fsp3) is 0.368. The van der Waals surface area contributed by atoms with E-state index in [0.717, 1.165) is 6.07 Å². The Kier molecular flexibility index (Phi) is 8.37. The van der Waals surface area contributed by atoms with Gasteiger partial charge >= 0.3 is 6.08 Å². The highest BCUT2D eigenvalue weighted by molar-refractivity contribution is 5.90. The Balaban J connectivity index is 1.36. The second-order valence-corrected chi connectivity index (χ2v) is 6.89. The molecule has 3 aromatic rings. The molecule has 0 aliphatic carbocycles. The number of rotatable bonds is 12. The minimum absolute atomic E-state index is 0.0214. The molecule has 0 aliphatic rings. The zero-order valence-corrected chi connectivity index (χ0v) is 17.9. The third-order valence-electron chi connectivity index (χ3n) is 4.32. The lowest BCUT2D eigenvalue weighted by Gasteiger charge is -2.16. The van der Waals surface area contributed by atoms with Crippen molar-refractivity contribution in [3.8, 4) is 5.88 Å². The van der Waals surface area contributed by atoms with Gasteiger partial charge in [0, 0.05) is 32.4 Å². The number of amides is 2. The topological polar surface area (TPSA) is 140 Å². The van der Waals surface area contributed by atoms with Crippen LogP contribution >= 0.6 is 0 Å². The molecule has 12 nitrogen and oxygen atoms in total. The van der Waals surface area contributed by atoms with Gasteiger partial charge in [-0.1, -0.05) is 0 Å². The highest BCUT2D eigenvalue weighted by Gasteiger charge is 2.16. The quantitative estimate of drug-likeness (QED) is 0.369. The molecule has 3 heterocycles. The molecule has 0 bridgehead atoms. The van der Waals surface area contributed by atoms with Crippen molar-refractivity contribution in [2.24, 2.45) is 0 Å². The van der Waals surface area contributed by atoms with E-state index in [1.54, 1.807) is 7.05 Å². The van der Waals surface area contributed by atoms with Crippen LogP contribution in [-0.4, -0.2) is 68.4 Å². The number of halogens is 3. The number of carbonyl (C=O) groups is 2. The molecule has 2 amide bonds. The zero-order chi connectivity index (χ0) is 24.5. The molecule has 0 spiro atoms. The van der Waals surface area contributed by atoms with Gasteiger partial charge in [0.25, 0.3) is 12.3 Å². The molecule has 0 saturated heterocycles. The highest BCUT2D eigenvalue weighted by Crippen LogP contribution is 2.22. The molecule has 15 heteroatoms. The average Bonchev–Trinajstić information content (AvgIpc) is 3.43. The van der Waals surface area contributed by atoms with Crippen LogP contribution < -0.4 is 15.4 Å². The lowest BCUT2D eigenvalue weighted by molar-refractivity contribution is -0.131. The molecule has 0 saturated carbocycles. The third-order valence-corrected chi connectivity index (χ3v) is 4.32. The van der Waals surface area contributed by atoms with Crippen LogP contribution in [0.3, 0.4) is 0 Å². The minimum atomic E-state index is -2.79. The summed E-state index contributed by atoms with van der Waals surface area (Å²) in [5.41, 5.74) is 0.401. The van der Waals surface area contributed by atoms with Gasteiger partial charge in [0.2, 0.25) is 17.6 Å². The van der Waals surface area contributed by atoms with Gasteiger partial charge in [-0.2, -0.15) is 14.5 Å². The second-order valence-electron chi connectivity index (χ2n) is 6.89. The van der Waals surface area contributed by atoms with Gasteiger partial charge in [0.05, 0.1) is 24.5 Å². The summed E-state index contributed by atoms with van der Waals surface area (Å²) in [6, 6.07) is 2.46. The zero-order valence-electron chi connectivity index (χ0n) is 17.9. The second kappa shape index (κ2) is 11.6. The predicted molar refractivity (Wildman–Crippen MR) is 111 cm³/mol. The van der Waals surface area contributed by atoms with Gasteiger partial charge in [0.15, 0.2) is 0 Å². The molecule has 0 aromatic carbocycles. The highest BCUT2D eigenvalue weighted by atomic mass is 19.3. The number of nitrogens with one attached hydrogen (secondary N) is 2. The van der Waals surface area contributed by atoms with Crippen molar-refractivity contribution in [2.45, 2.75) is 19.4 Å². The molecule has 3 aromatic heterocycles. The van der Waals surface area contributed by atoms with Crippen molar-refractivity contribution in [3.05, 3.63) is 42.6 Å². The average molecular weight is 482 g/mol. The van der Waals surface area contributed by atoms with Crippen molar-refractivity contribution in [3.63, 3.8) is 0 Å². The van der Waals surface area contributed by atoms with E-state index in [2.05, 4.69) is 35.4 Å². The molecule has 0 unspecified atom stereocenters. The number of anilines is 2. The summed E-state index contributed by atoms with van der Waals surface area (Å²) in [5.74, 6) is -1.04. The largest absolute Gasteiger partial charge is 0.474 e. The van der Waals surface area contributed by atoms with Crippen LogP contribution in [0.5, 0.6) is 5.88 Å². The van der Waals surface area contributed by atoms with Crippen LogP contribution in [0.4, 0.5) is 24.7 Å². The number of likely N-dealkylation sites (N-methyl/N-ethyl adjacent to an activating group) is 1. The summed E-state index contributed by atoms with van der Waals surface area (Å²) in [6.07, 6.45) is 0.578. The van der Waals surface area contributed by atoms with E-state index in [-0.39, 0.29) is 56.2 Å². The van der Waals surface area contributed by atoms with Gasteiger partial charge in [-0.05, 0) is 11.2 Å². The number of ether oxygens (including phenoxy) is 1. The maximum Gasteiger partial charge on any atom is 0.310 e. The van der Waals surface area contributed by atoms with Crippen LogP contribution in [0, 0.1) is 6.08 Å². The fourth-order valence-electron chi connectivity index (χ4n) is 2.59. The van der Waals surface area contributed by atoms with Gasteiger partial charge in [-0.15, -0.1) is 0 Å². The summed E-state index contributed by atoms with van der Waals surface area (Å²) < 4.78 is 48.8. The van der Waals surface area contributed by atoms with E-state index in [1.807, 2.05) is 0 Å². The minimum Gasteiger partial charge on any atom is -0.474 e. The Bertz CT molecular complexity index is 1110. The first kappa shape index (κ1) is 24.5. The SMILES string of the molecule is CN(CCOc1cc(C(F)F)on1)C(=O)Cn1cc(NC(=O)CCNc2ccnc(F)n2)cn1. The lowest BCUT2D eigenvalue weighted by atomic mass is 10.3. The van der Waals surface area contributed by atoms with Gasteiger partial charge in [0.1, 0.15) is 19.0 Å². The molecule has 0 atom stereocenters. The van der Waals surface area contributed by atoms with Gasteiger partial charge in [-0.25, -0.2) is 13.8 Å². The van der Waals surface area contributed by atoms with E-state index in [9.17, 15) is 22.8 Å². The lowest BCUT2D eigenvalue weighted by Crippen LogP contribution is -2.33. The number of hydrogen-bond acceptors (Lipinski definition) is 9. The summed E-state index contributed by atoms with van der Waals surface area (Å²) in [4.78, 5) is 32.6. The summed E-state index contributed by atoms with van der Waals surface area (Å²) in [5, 5.41) is 12.8. The van der Waals surface area contributed by atoms with Crippen molar-refractivity contribution >= 4 is 23.3 Å². The maximum atomic E-state index is 12.9. The van der Waals surface area contributed by atoms with E-state index in [0.29, 0.717) is 5.69 Å². The number of hydrogen-bond donors (Lipinski definition) is 2. The number of nitrogens with zero attached hydrogens (tertiary/aromatic N) is 6. The Morgan fingerprint density at radius 1 is 1.35 bits per heavy atom. The molecule has 182 valence electrons. The van der Waals surface area contributed by atoms with E-state index in [1.165, 1.54) is 34.2 Å². The van der Waals surface area contributed by atoms with Crippen molar-refractivity contribution in [1.82, 2.24) is 29.8 Å². The van der Waals surface area contributed by atoms with Crippen molar-refractivity contribution in [2.75, 3.05) is 37.4 Å². The van der Waals surface area contributed by atoms with E-state index >= 15 is 0 Å². The van der Waals surface area contributed by atoms with Crippen molar-refractivity contribution in [1.29, 1.82) is 0 Å². The fourth-order valence-corrected chi connectivity index (χ4v) is 2.59. The van der Waals surface area contributed by atoms with Gasteiger partial charge in [-0.3, -0.25) is 14.3 Å². The first-order valence-electron chi connectivity index (χ1n) is 9.96. The predicted octanol–water partition coefficient (Wildman–Crippen LogP) is 1.72. The summed E-state index contributed by atoms with van der Waals surface area (Å²) in [7, 11) is 1.54. The van der Waals surface area contributed by atoms with Crippen molar-refractivity contribution < 1.29 is 32.0 Å². The number of alkyl halides is 2.